The van der Waals surface area contributed by atoms with E-state index in [4.69, 9.17) is 0 Å². The molecule has 0 saturated heterocycles. The van der Waals surface area contributed by atoms with Crippen molar-refractivity contribution in [2.75, 3.05) is 0 Å². The number of amides is 2. The lowest BCUT2D eigenvalue weighted by Crippen LogP contribution is -2.60. The van der Waals surface area contributed by atoms with E-state index in [2.05, 4.69) is 10.6 Å². The maximum absolute atomic E-state index is 12.8. The first-order valence-electron chi connectivity index (χ1n) is 9.13. The Hall–Kier alpha value is -1.36. The van der Waals surface area contributed by atoms with E-state index in [9.17, 15) is 9.59 Å². The number of rotatable bonds is 5. The van der Waals surface area contributed by atoms with Crippen molar-refractivity contribution in [3.8, 4) is 0 Å². The zero-order chi connectivity index (χ0) is 16.7. The second-order valence-electron chi connectivity index (χ2n) is 8.22. The fourth-order valence-corrected chi connectivity index (χ4v) is 6.53. The second-order valence-corrected chi connectivity index (χ2v) is 9.20. The number of thiophene rings is 1. The molecule has 1 unspecified atom stereocenters. The van der Waals surface area contributed by atoms with Gasteiger partial charge in [0.1, 0.15) is 0 Å². The van der Waals surface area contributed by atoms with Crippen molar-refractivity contribution in [1.29, 1.82) is 0 Å². The number of hydrogen-bond acceptors (Lipinski definition) is 3. The molecule has 1 aromatic heterocycles. The van der Waals surface area contributed by atoms with Crippen LogP contribution in [0, 0.1) is 17.8 Å². The average molecular weight is 346 g/mol. The van der Waals surface area contributed by atoms with E-state index < -0.39 is 0 Å². The minimum Gasteiger partial charge on any atom is -0.351 e. The van der Waals surface area contributed by atoms with Gasteiger partial charge in [-0.3, -0.25) is 9.59 Å². The molecule has 2 amide bonds. The summed E-state index contributed by atoms with van der Waals surface area (Å²) in [6.07, 6.45) is 7.94. The number of nitrogens with one attached hydrogen (secondary N) is 2. The van der Waals surface area contributed by atoms with Gasteiger partial charge in [-0.05, 0) is 67.7 Å². The van der Waals surface area contributed by atoms with Gasteiger partial charge >= 0.3 is 0 Å². The molecule has 5 rings (SSSR count). The van der Waals surface area contributed by atoms with Crippen LogP contribution in [0.5, 0.6) is 0 Å². The maximum atomic E-state index is 12.8. The maximum Gasteiger partial charge on any atom is 0.222 e. The SMILES string of the molecule is CC(=O)NC(CC(=O)NC12CC3CC(CC(C3)C1)C2)c1cccs1. The van der Waals surface area contributed by atoms with E-state index in [-0.39, 0.29) is 23.4 Å². The molecule has 1 atom stereocenters. The fraction of sp³-hybridized carbons (Fsp3) is 0.684. The zero-order valence-corrected chi connectivity index (χ0v) is 15.0. The van der Waals surface area contributed by atoms with Gasteiger partial charge in [0.05, 0.1) is 12.5 Å². The van der Waals surface area contributed by atoms with Gasteiger partial charge in [-0.25, -0.2) is 0 Å². The Morgan fingerprint density at radius 3 is 2.33 bits per heavy atom. The molecule has 4 aliphatic rings. The van der Waals surface area contributed by atoms with Crippen LogP contribution in [-0.2, 0) is 9.59 Å². The zero-order valence-electron chi connectivity index (χ0n) is 14.2. The minimum atomic E-state index is -0.212. The van der Waals surface area contributed by atoms with E-state index in [0.29, 0.717) is 6.42 Å². The van der Waals surface area contributed by atoms with Crippen molar-refractivity contribution in [1.82, 2.24) is 10.6 Å². The normalized spacial score (nSPS) is 34.8. The molecule has 0 radical (unpaired) electrons. The van der Waals surface area contributed by atoms with E-state index in [1.54, 1.807) is 11.3 Å². The third-order valence-corrected chi connectivity index (χ3v) is 7.08. The lowest BCUT2D eigenvalue weighted by Gasteiger charge is -2.57. The lowest BCUT2D eigenvalue weighted by atomic mass is 9.53. The molecule has 4 saturated carbocycles. The van der Waals surface area contributed by atoms with E-state index >= 15 is 0 Å². The molecule has 24 heavy (non-hydrogen) atoms. The van der Waals surface area contributed by atoms with Crippen LogP contribution in [0.15, 0.2) is 17.5 Å². The first kappa shape index (κ1) is 16.1. The molecule has 4 fully saturated rings. The Morgan fingerprint density at radius 2 is 1.83 bits per heavy atom. The van der Waals surface area contributed by atoms with E-state index in [1.165, 1.54) is 26.2 Å². The Kier molecular flexibility index (Phi) is 4.15. The molecule has 2 N–H and O–H groups in total. The monoisotopic (exact) mass is 346 g/mol. The molecule has 0 aliphatic heterocycles. The highest BCUT2D eigenvalue weighted by atomic mass is 32.1. The molecule has 5 heteroatoms. The summed E-state index contributed by atoms with van der Waals surface area (Å²) < 4.78 is 0. The summed E-state index contributed by atoms with van der Waals surface area (Å²) in [4.78, 5) is 25.3. The smallest absolute Gasteiger partial charge is 0.222 e. The molecule has 4 nitrogen and oxygen atoms in total. The van der Waals surface area contributed by atoms with Crippen molar-refractivity contribution in [3.05, 3.63) is 22.4 Å². The molecular weight excluding hydrogens is 320 g/mol. The average Bonchev–Trinajstić information content (AvgIpc) is 2.97. The number of carbonyl (C=O) groups is 2. The quantitative estimate of drug-likeness (QED) is 0.858. The summed E-state index contributed by atoms with van der Waals surface area (Å²) in [5.41, 5.74) is 0.0437. The number of hydrogen-bond donors (Lipinski definition) is 2. The standard InChI is InChI=1S/C19H26N2O2S/c1-12(22)20-16(17-3-2-4-24-17)8-18(23)21-19-9-13-5-14(10-19)7-15(6-13)11-19/h2-4,13-16H,5-11H2,1H3,(H,20,22)(H,21,23). The van der Waals surface area contributed by atoms with Crippen LogP contribution >= 0.6 is 11.3 Å². The summed E-state index contributed by atoms with van der Waals surface area (Å²) >= 11 is 1.59. The predicted octanol–water partition coefficient (Wildman–Crippen LogP) is 3.40. The summed E-state index contributed by atoms with van der Waals surface area (Å²) in [6, 6.07) is 3.74. The van der Waals surface area contributed by atoms with Gasteiger partial charge in [-0.2, -0.15) is 0 Å². The topological polar surface area (TPSA) is 58.2 Å². The van der Waals surface area contributed by atoms with Gasteiger partial charge in [0, 0.05) is 17.3 Å². The van der Waals surface area contributed by atoms with Crippen molar-refractivity contribution in [2.24, 2.45) is 17.8 Å². The van der Waals surface area contributed by atoms with Crippen molar-refractivity contribution < 1.29 is 9.59 Å². The fourth-order valence-electron chi connectivity index (χ4n) is 5.75. The summed E-state index contributed by atoms with van der Waals surface area (Å²) in [5.74, 6) is 2.46. The van der Waals surface area contributed by atoms with Gasteiger partial charge in [0.2, 0.25) is 11.8 Å². The first-order valence-corrected chi connectivity index (χ1v) is 10.0. The lowest BCUT2D eigenvalue weighted by molar-refractivity contribution is -0.127. The third-order valence-electron chi connectivity index (χ3n) is 6.10. The van der Waals surface area contributed by atoms with Crippen LogP contribution in [0.4, 0.5) is 0 Å². The Bertz CT molecular complexity index is 590. The highest BCUT2D eigenvalue weighted by Gasteiger charge is 2.51. The van der Waals surface area contributed by atoms with Gasteiger partial charge < -0.3 is 10.6 Å². The molecular formula is C19H26N2O2S. The van der Waals surface area contributed by atoms with Crippen LogP contribution in [0.1, 0.15) is 62.8 Å². The van der Waals surface area contributed by atoms with Crippen LogP contribution in [0.3, 0.4) is 0 Å². The number of carbonyl (C=O) groups excluding carboxylic acids is 2. The molecule has 130 valence electrons. The van der Waals surface area contributed by atoms with Crippen LogP contribution in [0.25, 0.3) is 0 Å². The van der Waals surface area contributed by atoms with Gasteiger partial charge in [0.25, 0.3) is 0 Å². The minimum absolute atomic E-state index is 0.0437. The third kappa shape index (κ3) is 3.23. The van der Waals surface area contributed by atoms with Crippen molar-refractivity contribution >= 4 is 23.2 Å². The summed E-state index contributed by atoms with van der Waals surface area (Å²) in [7, 11) is 0. The Labute approximate surface area is 147 Å². The Morgan fingerprint density at radius 1 is 1.21 bits per heavy atom. The predicted molar refractivity (Wildman–Crippen MR) is 94.5 cm³/mol. The molecule has 1 aromatic rings. The van der Waals surface area contributed by atoms with Gasteiger partial charge in [0.15, 0.2) is 0 Å². The molecule has 4 bridgehead atoms. The highest BCUT2D eigenvalue weighted by molar-refractivity contribution is 7.10. The van der Waals surface area contributed by atoms with Gasteiger partial charge in [-0.1, -0.05) is 6.07 Å². The summed E-state index contributed by atoms with van der Waals surface area (Å²) in [6.45, 7) is 1.51. The second kappa shape index (κ2) is 6.17. The molecule has 4 aliphatic carbocycles. The molecule has 0 aromatic carbocycles. The van der Waals surface area contributed by atoms with E-state index in [1.807, 2.05) is 17.5 Å². The van der Waals surface area contributed by atoms with Crippen molar-refractivity contribution in [2.45, 2.75) is 63.5 Å². The van der Waals surface area contributed by atoms with E-state index in [0.717, 1.165) is 41.9 Å². The van der Waals surface area contributed by atoms with Crippen LogP contribution in [-0.4, -0.2) is 17.4 Å². The Balaban J connectivity index is 1.43. The van der Waals surface area contributed by atoms with Crippen LogP contribution < -0.4 is 10.6 Å². The first-order chi connectivity index (χ1) is 11.5. The highest BCUT2D eigenvalue weighted by Crippen LogP contribution is 2.55. The molecule has 1 heterocycles. The summed E-state index contributed by atoms with van der Waals surface area (Å²) in [5, 5.41) is 8.32. The van der Waals surface area contributed by atoms with Crippen molar-refractivity contribution in [3.63, 3.8) is 0 Å². The van der Waals surface area contributed by atoms with Crippen LogP contribution in [0.2, 0.25) is 0 Å². The van der Waals surface area contributed by atoms with Gasteiger partial charge in [-0.15, -0.1) is 11.3 Å². The molecule has 0 spiro atoms. The largest absolute Gasteiger partial charge is 0.351 e.